The second-order valence-corrected chi connectivity index (χ2v) is 5.66. The topological polar surface area (TPSA) is 93.5 Å². The van der Waals surface area contributed by atoms with Crippen molar-refractivity contribution in [2.24, 2.45) is 7.05 Å². The van der Waals surface area contributed by atoms with Gasteiger partial charge < -0.3 is 15.2 Å². The third-order valence-corrected chi connectivity index (χ3v) is 3.67. The van der Waals surface area contributed by atoms with Gasteiger partial charge in [0, 0.05) is 7.05 Å². The maximum absolute atomic E-state index is 13.1. The van der Waals surface area contributed by atoms with Crippen LogP contribution < -0.4 is 10.1 Å². The number of nitrogens with zero attached hydrogens (tertiary/aromatic N) is 2. The Labute approximate surface area is 154 Å². The Kier molecular flexibility index (Phi) is 5.90. The molecule has 0 saturated carbocycles. The molecule has 152 valence electrons. The van der Waals surface area contributed by atoms with Gasteiger partial charge in [0.1, 0.15) is 11.3 Å². The first-order chi connectivity index (χ1) is 12.9. The molecule has 1 unspecified atom stereocenters. The van der Waals surface area contributed by atoms with E-state index in [-0.39, 0.29) is 5.56 Å². The molecule has 28 heavy (non-hydrogen) atoms. The highest BCUT2D eigenvalue weighted by Gasteiger charge is 2.38. The third-order valence-electron chi connectivity index (χ3n) is 3.67. The molecule has 2 N–H and O–H groups in total. The van der Waals surface area contributed by atoms with Crippen LogP contribution in [0.25, 0.3) is 0 Å². The van der Waals surface area contributed by atoms with E-state index in [1.54, 1.807) is 0 Å². The third kappa shape index (κ3) is 4.75. The molecule has 0 fully saturated rings. The SMILES string of the molecule is CC(NC(=O)c1c(C(F)F)nn(C)c1OC(F)(F)F)c1ccc(C(=O)O)cc1. The summed E-state index contributed by atoms with van der Waals surface area (Å²) < 4.78 is 68.1. The maximum atomic E-state index is 13.1. The van der Waals surface area contributed by atoms with Crippen LogP contribution in [0.2, 0.25) is 0 Å². The number of ether oxygens (including phenoxy) is 1. The second kappa shape index (κ2) is 7.82. The molecule has 2 aromatic rings. The van der Waals surface area contributed by atoms with E-state index in [0.717, 1.165) is 7.05 Å². The van der Waals surface area contributed by atoms with Gasteiger partial charge in [-0.3, -0.25) is 4.79 Å². The Bertz CT molecular complexity index is 878. The van der Waals surface area contributed by atoms with Crippen LogP contribution in [0, 0.1) is 0 Å². The minimum absolute atomic E-state index is 0.0182. The number of benzene rings is 1. The molecule has 0 saturated heterocycles. The molecule has 2 rings (SSSR count). The Morgan fingerprint density at radius 1 is 1.21 bits per heavy atom. The quantitative estimate of drug-likeness (QED) is 0.716. The average Bonchev–Trinajstić information content (AvgIpc) is 2.90. The summed E-state index contributed by atoms with van der Waals surface area (Å²) in [7, 11) is 0.928. The number of amides is 1. The predicted molar refractivity (Wildman–Crippen MR) is 84.1 cm³/mol. The zero-order chi connectivity index (χ0) is 21.2. The number of carbonyl (C=O) groups excluding carboxylic acids is 1. The van der Waals surface area contributed by atoms with Crippen LogP contribution in [-0.2, 0) is 7.05 Å². The van der Waals surface area contributed by atoms with Crippen molar-refractivity contribution in [1.82, 2.24) is 15.1 Å². The molecule has 0 radical (unpaired) electrons. The number of hydrogen-bond donors (Lipinski definition) is 2. The molecular formula is C16H14F5N3O4. The zero-order valence-electron chi connectivity index (χ0n) is 14.4. The van der Waals surface area contributed by atoms with Gasteiger partial charge in [-0.2, -0.15) is 5.10 Å². The standard InChI is InChI=1S/C16H14F5N3O4/c1-7(8-3-5-9(6-4-8)15(26)27)22-13(25)10-11(12(17)18)23-24(2)14(10)28-16(19,20)21/h3-7,12H,1-2H3,(H,22,25)(H,26,27). The lowest BCUT2D eigenvalue weighted by Gasteiger charge is -2.16. The summed E-state index contributed by atoms with van der Waals surface area (Å²) in [5.74, 6) is -3.60. The van der Waals surface area contributed by atoms with E-state index in [1.807, 2.05) is 0 Å². The Morgan fingerprint density at radius 3 is 2.25 bits per heavy atom. The Hall–Kier alpha value is -3.18. The van der Waals surface area contributed by atoms with E-state index in [1.165, 1.54) is 31.2 Å². The number of aromatic carboxylic acids is 1. The first-order valence-electron chi connectivity index (χ1n) is 7.65. The molecule has 0 spiro atoms. The minimum atomic E-state index is -5.22. The molecule has 0 bridgehead atoms. The fourth-order valence-corrected chi connectivity index (χ4v) is 2.39. The molecule has 1 aromatic carbocycles. The monoisotopic (exact) mass is 407 g/mol. The van der Waals surface area contributed by atoms with Crippen molar-refractivity contribution in [3.63, 3.8) is 0 Å². The summed E-state index contributed by atoms with van der Waals surface area (Å²) in [4.78, 5) is 23.3. The van der Waals surface area contributed by atoms with Crippen LogP contribution in [0.3, 0.4) is 0 Å². The van der Waals surface area contributed by atoms with Gasteiger partial charge in [-0.1, -0.05) is 12.1 Å². The van der Waals surface area contributed by atoms with Crippen LogP contribution in [0.4, 0.5) is 22.0 Å². The summed E-state index contributed by atoms with van der Waals surface area (Å²) >= 11 is 0. The number of alkyl halides is 5. The number of carboxylic acids is 1. The van der Waals surface area contributed by atoms with Gasteiger partial charge in [0.2, 0.25) is 5.88 Å². The molecule has 0 aliphatic heterocycles. The van der Waals surface area contributed by atoms with Gasteiger partial charge >= 0.3 is 12.3 Å². The van der Waals surface area contributed by atoms with Gasteiger partial charge in [-0.05, 0) is 24.6 Å². The number of carboxylic acid groups (broad SMARTS) is 1. The van der Waals surface area contributed by atoms with E-state index in [0.29, 0.717) is 10.2 Å². The van der Waals surface area contributed by atoms with Crippen LogP contribution in [-0.4, -0.2) is 33.1 Å². The Balaban J connectivity index is 2.33. The molecule has 0 aliphatic carbocycles. The lowest BCUT2D eigenvalue weighted by molar-refractivity contribution is -0.277. The number of aromatic nitrogens is 2. The van der Waals surface area contributed by atoms with Crippen molar-refractivity contribution in [3.05, 3.63) is 46.6 Å². The summed E-state index contributed by atoms with van der Waals surface area (Å²) in [5, 5.41) is 14.4. The maximum Gasteiger partial charge on any atom is 0.574 e. The second-order valence-electron chi connectivity index (χ2n) is 5.66. The molecular weight excluding hydrogens is 393 g/mol. The van der Waals surface area contributed by atoms with Gasteiger partial charge in [0.05, 0.1) is 11.6 Å². The number of nitrogens with one attached hydrogen (secondary N) is 1. The highest BCUT2D eigenvalue weighted by atomic mass is 19.4. The predicted octanol–water partition coefficient (Wildman–Crippen LogP) is 3.45. The first-order valence-corrected chi connectivity index (χ1v) is 7.65. The van der Waals surface area contributed by atoms with E-state index >= 15 is 0 Å². The van der Waals surface area contributed by atoms with Crippen LogP contribution in [0.5, 0.6) is 5.88 Å². The number of carbonyl (C=O) groups is 2. The number of halogens is 5. The van der Waals surface area contributed by atoms with Gasteiger partial charge in [-0.25, -0.2) is 18.3 Å². The van der Waals surface area contributed by atoms with E-state index in [9.17, 15) is 31.5 Å². The van der Waals surface area contributed by atoms with E-state index < -0.39 is 47.8 Å². The van der Waals surface area contributed by atoms with Crippen molar-refractivity contribution >= 4 is 11.9 Å². The molecule has 0 aliphatic rings. The lowest BCUT2D eigenvalue weighted by atomic mass is 10.1. The lowest BCUT2D eigenvalue weighted by Crippen LogP contribution is -2.29. The summed E-state index contributed by atoms with van der Waals surface area (Å²) in [6, 6.07) is 4.43. The van der Waals surface area contributed by atoms with E-state index in [4.69, 9.17) is 5.11 Å². The largest absolute Gasteiger partial charge is 0.574 e. The summed E-state index contributed by atoms with van der Waals surface area (Å²) in [6.45, 7) is 1.44. The molecule has 1 aromatic heterocycles. The fourth-order valence-electron chi connectivity index (χ4n) is 2.39. The van der Waals surface area contributed by atoms with Crippen molar-refractivity contribution in [1.29, 1.82) is 0 Å². The normalized spacial score (nSPS) is 12.7. The van der Waals surface area contributed by atoms with Crippen LogP contribution in [0.1, 0.15) is 51.4 Å². The van der Waals surface area contributed by atoms with Crippen LogP contribution >= 0.6 is 0 Å². The highest BCUT2D eigenvalue weighted by molar-refractivity contribution is 5.98. The number of hydrogen-bond acceptors (Lipinski definition) is 4. The molecule has 12 heteroatoms. The van der Waals surface area contributed by atoms with E-state index in [2.05, 4.69) is 15.2 Å². The molecule has 1 heterocycles. The smallest absolute Gasteiger partial charge is 0.478 e. The number of rotatable bonds is 6. The van der Waals surface area contributed by atoms with Gasteiger partial charge in [0.15, 0.2) is 0 Å². The highest BCUT2D eigenvalue weighted by Crippen LogP contribution is 2.33. The average molecular weight is 407 g/mol. The van der Waals surface area contributed by atoms with Crippen LogP contribution in [0.15, 0.2) is 24.3 Å². The number of aryl methyl sites for hydroxylation is 1. The van der Waals surface area contributed by atoms with Crippen molar-refractivity contribution in [2.45, 2.75) is 25.8 Å². The van der Waals surface area contributed by atoms with Crippen molar-refractivity contribution in [3.8, 4) is 5.88 Å². The van der Waals surface area contributed by atoms with Crippen molar-refractivity contribution < 1.29 is 41.4 Å². The minimum Gasteiger partial charge on any atom is -0.478 e. The molecule has 7 nitrogen and oxygen atoms in total. The first kappa shape index (κ1) is 21.1. The van der Waals surface area contributed by atoms with Gasteiger partial charge in [0.25, 0.3) is 12.3 Å². The summed E-state index contributed by atoms with van der Waals surface area (Å²) in [6.07, 6.45) is -8.54. The summed E-state index contributed by atoms with van der Waals surface area (Å²) in [5.41, 5.74) is -1.81. The molecule has 1 amide bonds. The zero-order valence-corrected chi connectivity index (χ0v) is 14.4. The van der Waals surface area contributed by atoms with Crippen molar-refractivity contribution in [2.75, 3.05) is 0 Å². The molecule has 1 atom stereocenters. The Morgan fingerprint density at radius 2 is 1.79 bits per heavy atom. The fraction of sp³-hybridized carbons (Fsp3) is 0.312. The van der Waals surface area contributed by atoms with Gasteiger partial charge in [-0.15, -0.1) is 13.2 Å².